The summed E-state index contributed by atoms with van der Waals surface area (Å²) in [5.41, 5.74) is 2.71. The van der Waals surface area contributed by atoms with E-state index in [1.165, 1.54) is 12.1 Å². The maximum Gasteiger partial charge on any atom is 0.270 e. The van der Waals surface area contributed by atoms with Gasteiger partial charge in [-0.25, -0.2) is 0 Å². The van der Waals surface area contributed by atoms with Crippen LogP contribution in [0, 0.1) is 28.4 Å². The topological polar surface area (TPSA) is 66.9 Å². The summed E-state index contributed by atoms with van der Waals surface area (Å²) in [6, 6.07) is 16.0. The highest BCUT2D eigenvalue weighted by atomic mass is 16.6. The number of benzene rings is 2. The highest BCUT2D eigenvalue weighted by molar-refractivity contribution is 5.91. The van der Waals surface area contributed by atoms with Crippen LogP contribution in [0.15, 0.2) is 48.5 Å². The van der Waals surface area contributed by atoms with Crippen molar-refractivity contribution < 1.29 is 4.92 Å². The number of nitriles is 1. The van der Waals surface area contributed by atoms with E-state index < -0.39 is 4.92 Å². The lowest BCUT2D eigenvalue weighted by Crippen LogP contribution is -1.93. The third-order valence-electron chi connectivity index (χ3n) is 2.95. The first-order valence-corrected chi connectivity index (χ1v) is 6.04. The molecule has 0 saturated heterocycles. The molecule has 0 bridgehead atoms. The molecule has 0 aliphatic rings. The van der Waals surface area contributed by atoms with Crippen LogP contribution in [0.3, 0.4) is 0 Å². The van der Waals surface area contributed by atoms with Crippen molar-refractivity contribution in [3.05, 3.63) is 75.3 Å². The fourth-order valence-corrected chi connectivity index (χ4v) is 1.90. The zero-order chi connectivity index (χ0) is 14.5. The number of rotatable bonds is 3. The molecule has 20 heavy (non-hydrogen) atoms. The summed E-state index contributed by atoms with van der Waals surface area (Å²) in [5.74, 6) is 0. The Morgan fingerprint density at radius 3 is 2.55 bits per heavy atom. The number of hydrogen-bond acceptors (Lipinski definition) is 3. The molecule has 2 rings (SSSR count). The zero-order valence-corrected chi connectivity index (χ0v) is 10.9. The summed E-state index contributed by atoms with van der Waals surface area (Å²) in [7, 11) is 0. The molecule has 0 atom stereocenters. The number of non-ortho nitro benzene ring substituents is 1. The van der Waals surface area contributed by atoms with E-state index in [4.69, 9.17) is 0 Å². The van der Waals surface area contributed by atoms with E-state index in [2.05, 4.69) is 6.07 Å². The summed E-state index contributed by atoms with van der Waals surface area (Å²) in [5, 5.41) is 20.1. The van der Waals surface area contributed by atoms with Gasteiger partial charge in [-0.3, -0.25) is 10.1 Å². The fourth-order valence-electron chi connectivity index (χ4n) is 1.90. The van der Waals surface area contributed by atoms with Crippen molar-refractivity contribution >= 4 is 17.3 Å². The minimum atomic E-state index is -0.458. The number of nitro benzene ring substituents is 1. The molecule has 0 aliphatic heterocycles. The van der Waals surface area contributed by atoms with Crippen LogP contribution >= 0.6 is 0 Å². The minimum Gasteiger partial charge on any atom is -0.258 e. The van der Waals surface area contributed by atoms with Gasteiger partial charge in [0, 0.05) is 17.7 Å². The quantitative estimate of drug-likeness (QED) is 0.364. The van der Waals surface area contributed by atoms with E-state index in [-0.39, 0.29) is 5.69 Å². The summed E-state index contributed by atoms with van der Waals surface area (Å²) < 4.78 is 0. The van der Waals surface area contributed by atoms with E-state index >= 15 is 0 Å². The first-order chi connectivity index (χ1) is 9.61. The van der Waals surface area contributed by atoms with Crippen LogP contribution in [-0.2, 0) is 0 Å². The van der Waals surface area contributed by atoms with Gasteiger partial charge in [0.15, 0.2) is 0 Å². The summed E-state index contributed by atoms with van der Waals surface area (Å²) in [4.78, 5) is 10.4. The Morgan fingerprint density at radius 1 is 1.25 bits per heavy atom. The molecule has 0 aliphatic carbocycles. The number of hydrogen-bond donors (Lipinski definition) is 0. The molecule has 0 fully saturated rings. The molecule has 0 N–H and O–H groups in total. The second-order valence-corrected chi connectivity index (χ2v) is 4.34. The number of allylic oxidation sites excluding steroid dienone is 1. The van der Waals surface area contributed by atoms with Gasteiger partial charge in [0.2, 0.25) is 0 Å². The molecule has 0 saturated carbocycles. The molecule has 4 heteroatoms. The maximum absolute atomic E-state index is 10.8. The second-order valence-electron chi connectivity index (χ2n) is 4.34. The lowest BCUT2D eigenvalue weighted by atomic mass is 9.99. The first-order valence-electron chi connectivity index (χ1n) is 6.04. The zero-order valence-electron chi connectivity index (χ0n) is 10.9. The van der Waals surface area contributed by atoms with Crippen LogP contribution < -0.4 is 0 Å². The van der Waals surface area contributed by atoms with Crippen molar-refractivity contribution in [3.8, 4) is 6.07 Å². The summed E-state index contributed by atoms with van der Waals surface area (Å²) in [6.07, 6.45) is 1.73. The predicted octanol–water partition coefficient (Wildman–Crippen LogP) is 3.97. The lowest BCUT2D eigenvalue weighted by Gasteiger charge is -2.04. The predicted molar refractivity (Wildman–Crippen MR) is 77.8 cm³/mol. The van der Waals surface area contributed by atoms with Crippen LogP contribution in [-0.4, -0.2) is 4.92 Å². The van der Waals surface area contributed by atoms with Gasteiger partial charge in [0.05, 0.1) is 16.6 Å². The SMILES string of the molecule is Cc1ccc([N+](=O)[O-])cc1/C(C#N)=C/c1ccccc1. The van der Waals surface area contributed by atoms with Gasteiger partial charge in [0.1, 0.15) is 0 Å². The van der Waals surface area contributed by atoms with Gasteiger partial charge >= 0.3 is 0 Å². The van der Waals surface area contributed by atoms with Crippen molar-refractivity contribution in [1.82, 2.24) is 0 Å². The largest absolute Gasteiger partial charge is 0.270 e. The lowest BCUT2D eigenvalue weighted by molar-refractivity contribution is -0.384. The molecular weight excluding hydrogens is 252 g/mol. The summed E-state index contributed by atoms with van der Waals surface area (Å²) in [6.45, 7) is 1.83. The summed E-state index contributed by atoms with van der Waals surface area (Å²) >= 11 is 0. The second kappa shape index (κ2) is 5.81. The van der Waals surface area contributed by atoms with Crippen LogP contribution in [0.1, 0.15) is 16.7 Å². The molecule has 98 valence electrons. The molecule has 2 aromatic carbocycles. The highest BCUT2D eigenvalue weighted by Gasteiger charge is 2.11. The van der Waals surface area contributed by atoms with E-state index in [1.807, 2.05) is 37.3 Å². The van der Waals surface area contributed by atoms with Gasteiger partial charge in [-0.2, -0.15) is 5.26 Å². The van der Waals surface area contributed by atoms with Crippen molar-refractivity contribution in [3.63, 3.8) is 0 Å². The smallest absolute Gasteiger partial charge is 0.258 e. The van der Waals surface area contributed by atoms with E-state index in [9.17, 15) is 15.4 Å². The average molecular weight is 264 g/mol. The van der Waals surface area contributed by atoms with Gasteiger partial charge in [-0.15, -0.1) is 0 Å². The molecule has 0 aromatic heterocycles. The Kier molecular flexibility index (Phi) is 3.92. The molecular formula is C16H12N2O2. The van der Waals surface area contributed by atoms with Gasteiger partial charge in [-0.05, 0) is 24.1 Å². The van der Waals surface area contributed by atoms with Crippen LogP contribution in [0.25, 0.3) is 11.6 Å². The first kappa shape index (κ1) is 13.5. The Morgan fingerprint density at radius 2 is 1.95 bits per heavy atom. The van der Waals surface area contributed by atoms with Crippen LogP contribution in [0.2, 0.25) is 0 Å². The average Bonchev–Trinajstić information content (AvgIpc) is 2.46. The fraction of sp³-hybridized carbons (Fsp3) is 0.0625. The number of nitro groups is 1. The third-order valence-corrected chi connectivity index (χ3v) is 2.95. The molecule has 0 unspecified atom stereocenters. The number of nitrogens with zero attached hydrogens (tertiary/aromatic N) is 2. The van der Waals surface area contributed by atoms with Crippen molar-refractivity contribution in [2.45, 2.75) is 6.92 Å². The van der Waals surface area contributed by atoms with Crippen molar-refractivity contribution in [2.24, 2.45) is 0 Å². The molecule has 0 amide bonds. The van der Waals surface area contributed by atoms with Gasteiger partial charge in [0.25, 0.3) is 5.69 Å². The molecule has 2 aromatic rings. The normalized spacial score (nSPS) is 10.9. The molecule has 4 nitrogen and oxygen atoms in total. The van der Waals surface area contributed by atoms with E-state index in [0.717, 1.165) is 11.1 Å². The maximum atomic E-state index is 10.8. The van der Waals surface area contributed by atoms with Crippen LogP contribution in [0.5, 0.6) is 0 Å². The Hall–Kier alpha value is -2.93. The standard InChI is InChI=1S/C16H12N2O2/c1-12-7-8-15(18(19)20)10-16(12)14(11-17)9-13-5-3-2-4-6-13/h2-10H,1H3/b14-9+. The van der Waals surface area contributed by atoms with Crippen molar-refractivity contribution in [2.75, 3.05) is 0 Å². The van der Waals surface area contributed by atoms with E-state index in [0.29, 0.717) is 11.1 Å². The Labute approximate surface area is 116 Å². The van der Waals surface area contributed by atoms with Crippen LogP contribution in [0.4, 0.5) is 5.69 Å². The third kappa shape index (κ3) is 2.90. The van der Waals surface area contributed by atoms with Gasteiger partial charge < -0.3 is 0 Å². The molecule has 0 spiro atoms. The number of aryl methyl sites for hydroxylation is 1. The molecule has 0 radical (unpaired) electrons. The Balaban J connectivity index is 2.53. The van der Waals surface area contributed by atoms with Gasteiger partial charge in [-0.1, -0.05) is 36.4 Å². The molecule has 0 heterocycles. The van der Waals surface area contributed by atoms with Crippen molar-refractivity contribution in [1.29, 1.82) is 5.26 Å². The highest BCUT2D eigenvalue weighted by Crippen LogP contribution is 2.25. The van der Waals surface area contributed by atoms with E-state index in [1.54, 1.807) is 12.1 Å². The Bertz CT molecular complexity index is 713. The minimum absolute atomic E-state index is 0.0141. The monoisotopic (exact) mass is 264 g/mol.